The van der Waals surface area contributed by atoms with Crippen LogP contribution in [0.1, 0.15) is 39.2 Å². The molecule has 8 heteroatoms. The van der Waals surface area contributed by atoms with Crippen LogP contribution in [0, 0.1) is 0 Å². The third kappa shape index (κ3) is 8.43. The Morgan fingerprint density at radius 1 is 0.966 bits per heavy atom. The smallest absolute Gasteiger partial charge is 0.407 e. The van der Waals surface area contributed by atoms with E-state index in [4.69, 9.17) is 4.74 Å². The fraction of sp³-hybridized carbons (Fsp3) is 0.571. The van der Waals surface area contributed by atoms with Crippen LogP contribution in [-0.4, -0.2) is 66.0 Å². The third-order valence-electron chi connectivity index (χ3n) is 4.53. The molecule has 1 fully saturated rings. The van der Waals surface area contributed by atoms with Crippen molar-refractivity contribution < 1.29 is 19.1 Å². The number of nitrogens with one attached hydrogen (secondary N) is 1. The molecule has 1 aliphatic heterocycles. The molecule has 0 radical (unpaired) electrons. The van der Waals surface area contributed by atoms with Crippen LogP contribution in [0.25, 0.3) is 0 Å². The summed E-state index contributed by atoms with van der Waals surface area (Å²) >= 11 is 3.41. The number of rotatable bonds is 6. The lowest BCUT2D eigenvalue weighted by atomic mass is 10.1. The molecule has 1 aromatic carbocycles. The second-order valence-electron chi connectivity index (χ2n) is 8.07. The molecule has 2 rings (SSSR count). The average Bonchev–Trinajstić information content (AvgIpc) is 2.66. The highest BCUT2D eigenvalue weighted by atomic mass is 79.9. The molecule has 0 unspecified atom stereocenters. The van der Waals surface area contributed by atoms with Gasteiger partial charge in [0.05, 0.1) is 0 Å². The van der Waals surface area contributed by atoms with Crippen molar-refractivity contribution in [2.24, 2.45) is 0 Å². The third-order valence-corrected chi connectivity index (χ3v) is 5.06. The zero-order valence-electron chi connectivity index (χ0n) is 17.4. The van der Waals surface area contributed by atoms with E-state index in [1.54, 1.807) is 25.7 Å². The first-order valence-corrected chi connectivity index (χ1v) is 10.7. The Kier molecular flexibility index (Phi) is 8.49. The van der Waals surface area contributed by atoms with Gasteiger partial charge in [0.25, 0.3) is 0 Å². The van der Waals surface area contributed by atoms with Crippen LogP contribution in [0.4, 0.5) is 4.79 Å². The van der Waals surface area contributed by atoms with Crippen molar-refractivity contribution in [1.29, 1.82) is 0 Å². The summed E-state index contributed by atoms with van der Waals surface area (Å²) in [6.45, 7) is 7.74. The van der Waals surface area contributed by atoms with Crippen LogP contribution in [0.3, 0.4) is 0 Å². The van der Waals surface area contributed by atoms with Gasteiger partial charge in [-0.25, -0.2) is 4.79 Å². The van der Waals surface area contributed by atoms with E-state index >= 15 is 0 Å². The molecule has 0 aliphatic carbocycles. The topological polar surface area (TPSA) is 79.0 Å². The molecule has 0 aromatic heterocycles. The fourth-order valence-electron chi connectivity index (χ4n) is 3.01. The van der Waals surface area contributed by atoms with E-state index in [1.165, 1.54) is 0 Å². The van der Waals surface area contributed by atoms with Gasteiger partial charge in [-0.05, 0) is 44.9 Å². The highest BCUT2D eigenvalue weighted by molar-refractivity contribution is 9.10. The number of carbonyl (C=O) groups excluding carboxylic acids is 3. The number of amides is 3. The van der Waals surface area contributed by atoms with Gasteiger partial charge in [0.1, 0.15) is 5.60 Å². The quantitative estimate of drug-likeness (QED) is 0.697. The summed E-state index contributed by atoms with van der Waals surface area (Å²) in [5.41, 5.74) is 0.571. The molecule has 29 heavy (non-hydrogen) atoms. The molecule has 1 N–H and O–H groups in total. The lowest BCUT2D eigenvalue weighted by molar-refractivity contribution is -0.139. The summed E-state index contributed by atoms with van der Waals surface area (Å²) in [6, 6.07) is 7.97. The molecule has 1 heterocycles. The maximum absolute atomic E-state index is 12.4. The molecule has 1 aromatic rings. The number of aryl methyl sites for hydroxylation is 1. The molecule has 3 amide bonds. The Morgan fingerprint density at radius 2 is 1.48 bits per heavy atom. The highest BCUT2D eigenvalue weighted by Crippen LogP contribution is 2.13. The number of halogens is 1. The summed E-state index contributed by atoms with van der Waals surface area (Å²) in [5.74, 6) is 0.0923. The molecule has 0 spiro atoms. The van der Waals surface area contributed by atoms with Crippen LogP contribution < -0.4 is 5.32 Å². The number of alkyl carbamates (subject to hydrolysis) is 1. The lowest BCUT2D eigenvalue weighted by Crippen LogP contribution is -2.51. The minimum absolute atomic E-state index is 0.0250. The number of benzene rings is 1. The predicted octanol–water partition coefficient (Wildman–Crippen LogP) is 2.97. The van der Waals surface area contributed by atoms with Gasteiger partial charge in [-0.15, -0.1) is 0 Å². The number of carbonyl (C=O) groups is 3. The number of piperazine rings is 1. The normalized spacial score (nSPS) is 14.5. The van der Waals surface area contributed by atoms with Gasteiger partial charge in [-0.3, -0.25) is 9.59 Å². The Hall–Kier alpha value is -2.09. The van der Waals surface area contributed by atoms with Crippen molar-refractivity contribution in [3.8, 4) is 0 Å². The first-order valence-electron chi connectivity index (χ1n) is 9.91. The summed E-state index contributed by atoms with van der Waals surface area (Å²) in [4.78, 5) is 39.9. The van der Waals surface area contributed by atoms with Gasteiger partial charge in [0.15, 0.2) is 0 Å². The van der Waals surface area contributed by atoms with Gasteiger partial charge in [0.2, 0.25) is 11.8 Å². The van der Waals surface area contributed by atoms with E-state index in [9.17, 15) is 14.4 Å². The second-order valence-corrected chi connectivity index (χ2v) is 8.98. The van der Waals surface area contributed by atoms with Crippen molar-refractivity contribution in [2.75, 3.05) is 32.7 Å². The predicted molar refractivity (Wildman–Crippen MR) is 114 cm³/mol. The highest BCUT2D eigenvalue weighted by Gasteiger charge is 2.24. The fourth-order valence-corrected chi connectivity index (χ4v) is 3.27. The Balaban J connectivity index is 1.65. The standard InChI is InChI=1S/C21H30BrN3O4/c1-21(2,3)29-20(28)23-11-10-19(27)25-14-12-24(13-15-25)18(26)9-6-16-4-7-17(22)8-5-16/h4-5,7-8H,6,9-15H2,1-3H3,(H,23,28). The zero-order valence-corrected chi connectivity index (χ0v) is 19.0. The molecular weight excluding hydrogens is 438 g/mol. The second kappa shape index (κ2) is 10.6. The van der Waals surface area contributed by atoms with Crippen molar-refractivity contribution in [3.05, 3.63) is 34.3 Å². The maximum Gasteiger partial charge on any atom is 0.407 e. The van der Waals surface area contributed by atoms with E-state index in [-0.39, 0.29) is 24.8 Å². The summed E-state index contributed by atoms with van der Waals surface area (Å²) < 4.78 is 6.17. The lowest BCUT2D eigenvalue weighted by Gasteiger charge is -2.35. The number of hydrogen-bond acceptors (Lipinski definition) is 4. The summed E-state index contributed by atoms with van der Waals surface area (Å²) in [7, 11) is 0. The average molecular weight is 468 g/mol. The van der Waals surface area contributed by atoms with E-state index in [0.717, 1.165) is 10.0 Å². The van der Waals surface area contributed by atoms with E-state index in [1.807, 2.05) is 29.2 Å². The van der Waals surface area contributed by atoms with Gasteiger partial charge in [-0.2, -0.15) is 0 Å². The maximum atomic E-state index is 12.4. The minimum Gasteiger partial charge on any atom is -0.444 e. The Labute approximate surface area is 180 Å². The van der Waals surface area contributed by atoms with E-state index in [2.05, 4.69) is 21.2 Å². The first-order chi connectivity index (χ1) is 13.6. The SMILES string of the molecule is CC(C)(C)OC(=O)NCCC(=O)N1CCN(C(=O)CCc2ccc(Br)cc2)CC1. The van der Waals surface area contributed by atoms with Crippen LogP contribution in [0.5, 0.6) is 0 Å². The largest absolute Gasteiger partial charge is 0.444 e. The number of hydrogen-bond donors (Lipinski definition) is 1. The van der Waals surface area contributed by atoms with Crippen molar-refractivity contribution in [3.63, 3.8) is 0 Å². The molecule has 160 valence electrons. The number of nitrogens with zero attached hydrogens (tertiary/aromatic N) is 2. The molecule has 1 saturated heterocycles. The first kappa shape index (κ1) is 23.2. The minimum atomic E-state index is -0.561. The van der Waals surface area contributed by atoms with Crippen LogP contribution >= 0.6 is 15.9 Å². The van der Waals surface area contributed by atoms with Crippen LogP contribution in [0.15, 0.2) is 28.7 Å². The van der Waals surface area contributed by atoms with Crippen molar-refractivity contribution in [1.82, 2.24) is 15.1 Å². The summed E-state index contributed by atoms with van der Waals surface area (Å²) in [6.07, 6.45) is 0.875. The van der Waals surface area contributed by atoms with Crippen LogP contribution in [-0.2, 0) is 20.7 Å². The molecule has 0 saturated carbocycles. The Bertz CT molecular complexity index is 708. The molecule has 0 atom stereocenters. The van der Waals surface area contributed by atoms with Gasteiger partial charge in [-0.1, -0.05) is 28.1 Å². The van der Waals surface area contributed by atoms with Crippen molar-refractivity contribution >= 4 is 33.8 Å². The number of ether oxygens (including phenoxy) is 1. The molecular formula is C21H30BrN3O4. The van der Waals surface area contributed by atoms with E-state index < -0.39 is 11.7 Å². The molecule has 1 aliphatic rings. The Morgan fingerprint density at radius 3 is 2.00 bits per heavy atom. The van der Waals surface area contributed by atoms with Gasteiger partial charge < -0.3 is 19.9 Å². The zero-order chi connectivity index (χ0) is 21.4. The molecule has 7 nitrogen and oxygen atoms in total. The monoisotopic (exact) mass is 467 g/mol. The van der Waals surface area contributed by atoms with Gasteiger partial charge >= 0.3 is 6.09 Å². The van der Waals surface area contributed by atoms with E-state index in [0.29, 0.717) is 39.0 Å². The molecule has 0 bridgehead atoms. The summed E-state index contributed by atoms with van der Waals surface area (Å²) in [5, 5.41) is 2.60. The van der Waals surface area contributed by atoms with Crippen LogP contribution in [0.2, 0.25) is 0 Å². The van der Waals surface area contributed by atoms with Gasteiger partial charge in [0, 0.05) is 50.0 Å². The van der Waals surface area contributed by atoms with Crippen molar-refractivity contribution in [2.45, 2.75) is 45.6 Å².